The van der Waals surface area contributed by atoms with E-state index in [1.54, 1.807) is 0 Å². The van der Waals surface area contributed by atoms with Gasteiger partial charge >= 0.3 is 0 Å². The van der Waals surface area contributed by atoms with Crippen molar-refractivity contribution in [2.24, 2.45) is 0 Å². The Hall–Kier alpha value is -0.980. The highest BCUT2D eigenvalue weighted by Gasteiger charge is 2.25. The molecule has 0 aromatic heterocycles. The van der Waals surface area contributed by atoms with Crippen molar-refractivity contribution in [2.75, 3.05) is 13.2 Å². The van der Waals surface area contributed by atoms with Gasteiger partial charge in [-0.15, -0.1) is 0 Å². The van der Waals surface area contributed by atoms with E-state index in [1.807, 2.05) is 0 Å². The van der Waals surface area contributed by atoms with E-state index >= 15 is 0 Å². The summed E-state index contributed by atoms with van der Waals surface area (Å²) >= 11 is 0. The van der Waals surface area contributed by atoms with Gasteiger partial charge in [-0.3, -0.25) is 0 Å². The molecule has 0 amide bonds. The van der Waals surface area contributed by atoms with E-state index in [1.165, 1.54) is 12.1 Å². The molecule has 1 saturated heterocycles. The first-order valence-electron chi connectivity index (χ1n) is 4.45. The van der Waals surface area contributed by atoms with Crippen LogP contribution in [0.5, 0.6) is 0 Å². The molecule has 0 bridgehead atoms. The summed E-state index contributed by atoms with van der Waals surface area (Å²) in [6.45, 7) is 0.853. The van der Waals surface area contributed by atoms with Crippen molar-refractivity contribution in [1.82, 2.24) is 4.72 Å². The Morgan fingerprint density at radius 1 is 1.40 bits per heavy atom. The van der Waals surface area contributed by atoms with Gasteiger partial charge in [0.2, 0.25) is 10.0 Å². The van der Waals surface area contributed by atoms with Crippen LogP contribution < -0.4 is 4.72 Å². The van der Waals surface area contributed by atoms with E-state index in [2.05, 4.69) is 4.72 Å². The first-order chi connectivity index (χ1) is 7.08. The molecule has 1 aromatic rings. The molecule has 15 heavy (non-hydrogen) atoms. The summed E-state index contributed by atoms with van der Waals surface area (Å²) in [5.74, 6) is -0.459. The summed E-state index contributed by atoms with van der Waals surface area (Å²) < 4.78 is 43.0. The molecule has 1 atom stereocenters. The molecule has 6 heteroatoms. The number of hydrogen-bond donors (Lipinski definition) is 1. The zero-order valence-electron chi connectivity index (χ0n) is 7.81. The van der Waals surface area contributed by atoms with Crippen LogP contribution in [0.3, 0.4) is 0 Å². The lowest BCUT2D eigenvalue weighted by atomic mass is 10.4. The molecule has 82 valence electrons. The molecule has 1 aromatic carbocycles. The number of halogens is 1. The Morgan fingerprint density at radius 3 is 2.53 bits per heavy atom. The summed E-state index contributed by atoms with van der Waals surface area (Å²) in [5, 5.41) is 0. The highest BCUT2D eigenvalue weighted by Crippen LogP contribution is 2.12. The molecule has 0 radical (unpaired) electrons. The molecule has 0 saturated carbocycles. The first kappa shape index (κ1) is 10.5. The van der Waals surface area contributed by atoms with Crippen LogP contribution in [0.15, 0.2) is 29.2 Å². The number of nitrogens with one attached hydrogen (secondary N) is 1. The van der Waals surface area contributed by atoms with Gasteiger partial charge in [0, 0.05) is 6.54 Å². The Kier molecular flexibility index (Phi) is 2.72. The van der Waals surface area contributed by atoms with Gasteiger partial charge in [-0.05, 0) is 24.3 Å². The average Bonchev–Trinajstić information content (AvgIpc) is 2.99. The summed E-state index contributed by atoms with van der Waals surface area (Å²) in [6.07, 6.45) is -0.0137. The monoisotopic (exact) mass is 231 g/mol. The minimum atomic E-state index is -3.53. The van der Waals surface area contributed by atoms with Gasteiger partial charge in [-0.2, -0.15) is 0 Å². The molecule has 1 aliphatic heterocycles. The van der Waals surface area contributed by atoms with Crippen molar-refractivity contribution in [1.29, 1.82) is 0 Å². The van der Waals surface area contributed by atoms with Crippen molar-refractivity contribution in [3.05, 3.63) is 30.1 Å². The molecular formula is C9H10FNO3S. The van der Waals surface area contributed by atoms with E-state index in [-0.39, 0.29) is 17.5 Å². The smallest absolute Gasteiger partial charge is 0.240 e. The molecule has 1 N–H and O–H groups in total. The Bertz CT molecular complexity index is 439. The lowest BCUT2D eigenvalue weighted by Gasteiger charge is -2.04. The van der Waals surface area contributed by atoms with Crippen LogP contribution in [0, 0.1) is 5.82 Å². The van der Waals surface area contributed by atoms with Crippen LogP contribution in [0.2, 0.25) is 0 Å². The Balaban J connectivity index is 2.09. The zero-order chi connectivity index (χ0) is 10.9. The number of hydrogen-bond acceptors (Lipinski definition) is 3. The minimum absolute atomic E-state index is 0.0137. The molecule has 1 heterocycles. The van der Waals surface area contributed by atoms with E-state index in [4.69, 9.17) is 4.74 Å². The number of epoxide rings is 1. The van der Waals surface area contributed by atoms with Gasteiger partial charge < -0.3 is 4.74 Å². The van der Waals surface area contributed by atoms with Crippen LogP contribution in [0.4, 0.5) is 4.39 Å². The van der Waals surface area contributed by atoms with Crippen LogP contribution >= 0.6 is 0 Å². The van der Waals surface area contributed by atoms with Crippen LogP contribution in [0.25, 0.3) is 0 Å². The highest BCUT2D eigenvalue weighted by atomic mass is 32.2. The highest BCUT2D eigenvalue weighted by molar-refractivity contribution is 7.89. The Labute approximate surface area is 87.1 Å². The van der Waals surface area contributed by atoms with E-state index < -0.39 is 15.8 Å². The Morgan fingerprint density at radius 2 is 2.00 bits per heavy atom. The number of sulfonamides is 1. The predicted molar refractivity (Wildman–Crippen MR) is 51.3 cm³/mol. The largest absolute Gasteiger partial charge is 0.372 e. The summed E-state index contributed by atoms with van der Waals surface area (Å²) in [4.78, 5) is 0.0598. The third kappa shape index (κ3) is 2.74. The van der Waals surface area contributed by atoms with Gasteiger partial charge in [0.15, 0.2) is 0 Å². The topological polar surface area (TPSA) is 58.7 Å². The van der Waals surface area contributed by atoms with Crippen LogP contribution in [-0.4, -0.2) is 27.7 Å². The average molecular weight is 231 g/mol. The van der Waals surface area contributed by atoms with Crippen LogP contribution in [0.1, 0.15) is 0 Å². The molecule has 0 unspecified atom stereocenters. The third-order valence-corrected chi connectivity index (χ3v) is 3.47. The van der Waals surface area contributed by atoms with Gasteiger partial charge in [0.25, 0.3) is 0 Å². The normalized spacial score (nSPS) is 20.2. The maximum atomic E-state index is 12.6. The fourth-order valence-corrected chi connectivity index (χ4v) is 2.15. The molecule has 0 aliphatic carbocycles. The zero-order valence-corrected chi connectivity index (χ0v) is 8.63. The minimum Gasteiger partial charge on any atom is -0.372 e. The van der Waals surface area contributed by atoms with Gasteiger partial charge in [0.1, 0.15) is 5.82 Å². The predicted octanol–water partition coefficient (Wildman–Crippen LogP) is 0.503. The second-order valence-electron chi connectivity index (χ2n) is 3.26. The maximum absolute atomic E-state index is 12.6. The number of benzene rings is 1. The quantitative estimate of drug-likeness (QED) is 0.768. The number of rotatable bonds is 4. The van der Waals surface area contributed by atoms with Crippen LogP contribution in [-0.2, 0) is 14.8 Å². The van der Waals surface area contributed by atoms with Crippen molar-refractivity contribution in [3.8, 4) is 0 Å². The number of ether oxygens (including phenoxy) is 1. The summed E-state index contributed by atoms with van der Waals surface area (Å²) in [7, 11) is -3.53. The molecule has 0 spiro atoms. The van der Waals surface area contributed by atoms with E-state index in [9.17, 15) is 12.8 Å². The molecule has 1 fully saturated rings. The van der Waals surface area contributed by atoms with E-state index in [0.29, 0.717) is 6.61 Å². The molecule has 1 aliphatic rings. The SMILES string of the molecule is O=S(=O)(NC[C@H]1CO1)c1ccc(F)cc1. The second kappa shape index (κ2) is 3.88. The van der Waals surface area contributed by atoms with Crippen molar-refractivity contribution >= 4 is 10.0 Å². The maximum Gasteiger partial charge on any atom is 0.240 e. The van der Waals surface area contributed by atoms with E-state index in [0.717, 1.165) is 12.1 Å². The summed E-state index contributed by atoms with van der Waals surface area (Å²) in [5.41, 5.74) is 0. The van der Waals surface area contributed by atoms with Gasteiger partial charge in [-0.1, -0.05) is 0 Å². The molecular weight excluding hydrogens is 221 g/mol. The summed E-state index contributed by atoms with van der Waals surface area (Å²) in [6, 6.07) is 4.68. The third-order valence-electron chi connectivity index (χ3n) is 2.03. The lowest BCUT2D eigenvalue weighted by Crippen LogP contribution is -2.27. The first-order valence-corrected chi connectivity index (χ1v) is 5.93. The fourth-order valence-electron chi connectivity index (χ4n) is 1.09. The van der Waals surface area contributed by atoms with Gasteiger partial charge in [-0.25, -0.2) is 17.5 Å². The van der Waals surface area contributed by atoms with Crippen molar-refractivity contribution in [2.45, 2.75) is 11.0 Å². The second-order valence-corrected chi connectivity index (χ2v) is 5.03. The molecule has 2 rings (SSSR count). The lowest BCUT2D eigenvalue weighted by molar-refractivity contribution is 0.406. The fraction of sp³-hybridized carbons (Fsp3) is 0.333. The van der Waals surface area contributed by atoms with Crippen molar-refractivity contribution in [3.63, 3.8) is 0 Å². The van der Waals surface area contributed by atoms with Gasteiger partial charge in [0.05, 0.1) is 17.6 Å². The standard InChI is InChI=1S/C9H10FNO3S/c10-7-1-3-9(4-2-7)15(12,13)11-5-8-6-14-8/h1-4,8,11H,5-6H2/t8-/m0/s1. The molecule has 4 nitrogen and oxygen atoms in total. The van der Waals surface area contributed by atoms with Crippen molar-refractivity contribution < 1.29 is 17.5 Å².